The SMILES string of the molecule is COc1cc(C(C)C)cc(I)c1OC. The first-order chi connectivity index (χ1) is 6.60. The Hall–Kier alpha value is -0.450. The van der Waals surface area contributed by atoms with Crippen LogP contribution in [0.15, 0.2) is 12.1 Å². The number of halogens is 1. The van der Waals surface area contributed by atoms with E-state index < -0.39 is 0 Å². The summed E-state index contributed by atoms with van der Waals surface area (Å²) in [5, 5.41) is 0. The Morgan fingerprint density at radius 2 is 1.79 bits per heavy atom. The lowest BCUT2D eigenvalue weighted by Gasteiger charge is -2.13. The Kier molecular flexibility index (Phi) is 4.04. The van der Waals surface area contributed by atoms with Crippen LogP contribution in [0.5, 0.6) is 11.5 Å². The minimum absolute atomic E-state index is 0.503. The number of ether oxygens (including phenoxy) is 2. The molecule has 0 radical (unpaired) electrons. The standard InChI is InChI=1S/C11H15IO2/c1-7(2)8-5-9(12)11(14-4)10(6-8)13-3/h5-7H,1-4H3. The second kappa shape index (κ2) is 4.87. The predicted molar refractivity (Wildman–Crippen MR) is 66.4 cm³/mol. The molecule has 0 heterocycles. The highest BCUT2D eigenvalue weighted by Crippen LogP contribution is 2.35. The summed E-state index contributed by atoms with van der Waals surface area (Å²) >= 11 is 2.26. The molecule has 0 N–H and O–H groups in total. The lowest BCUT2D eigenvalue weighted by atomic mass is 10.0. The minimum atomic E-state index is 0.503. The van der Waals surface area contributed by atoms with Gasteiger partial charge in [0, 0.05) is 0 Å². The van der Waals surface area contributed by atoms with Crippen LogP contribution in [0, 0.1) is 3.57 Å². The van der Waals surface area contributed by atoms with Gasteiger partial charge in [-0.1, -0.05) is 13.8 Å². The molecule has 1 aromatic carbocycles. The van der Waals surface area contributed by atoms with Gasteiger partial charge >= 0.3 is 0 Å². The Bertz CT molecular complexity index is 321. The van der Waals surface area contributed by atoms with Gasteiger partial charge in [0.05, 0.1) is 17.8 Å². The molecule has 0 saturated carbocycles. The molecule has 0 aliphatic heterocycles. The molecule has 0 spiro atoms. The van der Waals surface area contributed by atoms with E-state index in [-0.39, 0.29) is 0 Å². The second-order valence-corrected chi connectivity index (χ2v) is 4.56. The van der Waals surface area contributed by atoms with Gasteiger partial charge in [0.1, 0.15) is 0 Å². The molecule has 14 heavy (non-hydrogen) atoms. The van der Waals surface area contributed by atoms with E-state index in [1.165, 1.54) is 5.56 Å². The van der Waals surface area contributed by atoms with Crippen LogP contribution < -0.4 is 9.47 Å². The topological polar surface area (TPSA) is 18.5 Å². The molecule has 0 aliphatic carbocycles. The smallest absolute Gasteiger partial charge is 0.174 e. The average Bonchev–Trinajstić information content (AvgIpc) is 2.16. The molecule has 0 amide bonds. The van der Waals surface area contributed by atoms with Crippen LogP contribution in [0.3, 0.4) is 0 Å². The summed E-state index contributed by atoms with van der Waals surface area (Å²) in [5.74, 6) is 2.13. The summed E-state index contributed by atoms with van der Waals surface area (Å²) in [6, 6.07) is 4.16. The van der Waals surface area contributed by atoms with Crippen molar-refractivity contribution >= 4 is 22.6 Å². The molecule has 0 fully saturated rings. The van der Waals surface area contributed by atoms with Gasteiger partial charge in [-0.05, 0) is 46.2 Å². The third-order valence-corrected chi connectivity index (χ3v) is 2.92. The van der Waals surface area contributed by atoms with Gasteiger partial charge in [0.2, 0.25) is 0 Å². The van der Waals surface area contributed by atoms with Crippen molar-refractivity contribution in [3.8, 4) is 11.5 Å². The maximum Gasteiger partial charge on any atom is 0.174 e. The first kappa shape index (κ1) is 11.6. The van der Waals surface area contributed by atoms with Crippen molar-refractivity contribution < 1.29 is 9.47 Å². The Labute approximate surface area is 98.7 Å². The molecule has 1 aromatic rings. The molecule has 78 valence electrons. The highest BCUT2D eigenvalue weighted by molar-refractivity contribution is 14.1. The highest BCUT2D eigenvalue weighted by Gasteiger charge is 2.11. The summed E-state index contributed by atoms with van der Waals surface area (Å²) in [6.45, 7) is 4.33. The number of hydrogen-bond donors (Lipinski definition) is 0. The van der Waals surface area contributed by atoms with E-state index in [4.69, 9.17) is 9.47 Å². The van der Waals surface area contributed by atoms with Gasteiger partial charge in [-0.25, -0.2) is 0 Å². The van der Waals surface area contributed by atoms with Crippen LogP contribution >= 0.6 is 22.6 Å². The van der Waals surface area contributed by atoms with Gasteiger partial charge in [0.15, 0.2) is 11.5 Å². The lowest BCUT2D eigenvalue weighted by molar-refractivity contribution is 0.352. The van der Waals surface area contributed by atoms with E-state index >= 15 is 0 Å². The zero-order chi connectivity index (χ0) is 10.7. The second-order valence-electron chi connectivity index (χ2n) is 3.39. The molecule has 2 nitrogen and oxygen atoms in total. The number of hydrogen-bond acceptors (Lipinski definition) is 2. The maximum absolute atomic E-state index is 5.28. The molecule has 0 bridgehead atoms. The fraction of sp³-hybridized carbons (Fsp3) is 0.455. The van der Waals surface area contributed by atoms with Crippen molar-refractivity contribution in [1.29, 1.82) is 0 Å². The molecule has 1 rings (SSSR count). The number of rotatable bonds is 3. The van der Waals surface area contributed by atoms with Crippen LogP contribution in [-0.2, 0) is 0 Å². The quantitative estimate of drug-likeness (QED) is 0.797. The molecule has 0 aliphatic rings. The van der Waals surface area contributed by atoms with Crippen LogP contribution in [0.1, 0.15) is 25.3 Å². The van der Waals surface area contributed by atoms with Crippen molar-refractivity contribution in [2.45, 2.75) is 19.8 Å². The minimum Gasteiger partial charge on any atom is -0.493 e. The van der Waals surface area contributed by atoms with Gasteiger partial charge in [0.25, 0.3) is 0 Å². The van der Waals surface area contributed by atoms with Crippen molar-refractivity contribution in [1.82, 2.24) is 0 Å². The number of benzene rings is 1. The Morgan fingerprint density at radius 3 is 2.21 bits per heavy atom. The van der Waals surface area contributed by atoms with Gasteiger partial charge in [-0.2, -0.15) is 0 Å². The summed E-state index contributed by atoms with van der Waals surface area (Å²) in [4.78, 5) is 0. The fourth-order valence-electron chi connectivity index (χ4n) is 1.27. The third-order valence-electron chi connectivity index (χ3n) is 2.12. The first-order valence-corrected chi connectivity index (χ1v) is 5.59. The molecule has 0 saturated heterocycles. The molecule has 0 unspecified atom stereocenters. The largest absolute Gasteiger partial charge is 0.493 e. The van der Waals surface area contributed by atoms with Crippen molar-refractivity contribution in [3.63, 3.8) is 0 Å². The van der Waals surface area contributed by atoms with Crippen LogP contribution in [0.4, 0.5) is 0 Å². The first-order valence-electron chi connectivity index (χ1n) is 4.51. The van der Waals surface area contributed by atoms with Crippen LogP contribution in [0.2, 0.25) is 0 Å². The summed E-state index contributed by atoms with van der Waals surface area (Å²) in [7, 11) is 3.33. The summed E-state index contributed by atoms with van der Waals surface area (Å²) in [5.41, 5.74) is 1.27. The van der Waals surface area contributed by atoms with E-state index in [0.29, 0.717) is 5.92 Å². The van der Waals surface area contributed by atoms with Crippen LogP contribution in [0.25, 0.3) is 0 Å². The van der Waals surface area contributed by atoms with E-state index in [9.17, 15) is 0 Å². The zero-order valence-corrected chi connectivity index (χ0v) is 11.1. The summed E-state index contributed by atoms with van der Waals surface area (Å²) in [6.07, 6.45) is 0. The van der Waals surface area contributed by atoms with E-state index in [1.54, 1.807) is 14.2 Å². The van der Waals surface area contributed by atoms with E-state index in [0.717, 1.165) is 15.1 Å². The molecular formula is C11H15IO2. The summed E-state index contributed by atoms with van der Waals surface area (Å²) < 4.78 is 11.6. The Balaban J connectivity index is 3.24. The van der Waals surface area contributed by atoms with Crippen molar-refractivity contribution in [2.24, 2.45) is 0 Å². The number of methoxy groups -OCH3 is 2. The lowest BCUT2D eigenvalue weighted by Crippen LogP contribution is -1.96. The van der Waals surface area contributed by atoms with Crippen molar-refractivity contribution in [3.05, 3.63) is 21.3 Å². The molecule has 0 aromatic heterocycles. The molecule has 0 atom stereocenters. The third kappa shape index (κ3) is 2.32. The van der Waals surface area contributed by atoms with Crippen molar-refractivity contribution in [2.75, 3.05) is 14.2 Å². The normalized spacial score (nSPS) is 10.4. The molecular weight excluding hydrogens is 291 g/mol. The highest BCUT2D eigenvalue weighted by atomic mass is 127. The van der Waals surface area contributed by atoms with Gasteiger partial charge in [-0.15, -0.1) is 0 Å². The van der Waals surface area contributed by atoms with Gasteiger partial charge in [-0.3, -0.25) is 0 Å². The maximum atomic E-state index is 5.28. The zero-order valence-electron chi connectivity index (χ0n) is 8.93. The monoisotopic (exact) mass is 306 g/mol. The predicted octanol–water partition coefficient (Wildman–Crippen LogP) is 3.43. The van der Waals surface area contributed by atoms with Crippen LogP contribution in [-0.4, -0.2) is 14.2 Å². The molecule has 3 heteroatoms. The van der Waals surface area contributed by atoms with E-state index in [1.807, 2.05) is 6.07 Å². The average molecular weight is 306 g/mol. The van der Waals surface area contributed by atoms with Gasteiger partial charge < -0.3 is 9.47 Å². The van der Waals surface area contributed by atoms with E-state index in [2.05, 4.69) is 42.5 Å². The fourth-order valence-corrected chi connectivity index (χ4v) is 2.12. The Morgan fingerprint density at radius 1 is 1.14 bits per heavy atom.